The molecule has 0 aliphatic carbocycles. The Hall–Kier alpha value is -2.13. The number of anilines is 1. The lowest BCUT2D eigenvalue weighted by atomic mass is 10.2. The van der Waals surface area contributed by atoms with E-state index in [0.29, 0.717) is 20.6 Å². The minimum atomic E-state index is -3.93. The van der Waals surface area contributed by atoms with Crippen LogP contribution in [0.25, 0.3) is 10.1 Å². The summed E-state index contributed by atoms with van der Waals surface area (Å²) in [7, 11) is -3.93. The number of benzene rings is 2. The fourth-order valence-corrected chi connectivity index (χ4v) is 5.02. The van der Waals surface area contributed by atoms with Gasteiger partial charge in [-0.05, 0) is 36.4 Å². The van der Waals surface area contributed by atoms with Crippen LogP contribution in [-0.2, 0) is 14.8 Å². The zero-order valence-electron chi connectivity index (χ0n) is 13.7. The van der Waals surface area contributed by atoms with Crippen LogP contribution in [0.5, 0.6) is 0 Å². The van der Waals surface area contributed by atoms with Gasteiger partial charge in [-0.25, -0.2) is 13.1 Å². The van der Waals surface area contributed by atoms with Crippen molar-refractivity contribution in [1.29, 1.82) is 0 Å². The van der Waals surface area contributed by atoms with Gasteiger partial charge in [-0.1, -0.05) is 29.3 Å². The molecule has 0 aliphatic heterocycles. The summed E-state index contributed by atoms with van der Waals surface area (Å²) in [6.45, 7) is 1.11. The number of rotatable bonds is 4. The van der Waals surface area contributed by atoms with Gasteiger partial charge in [-0.2, -0.15) is 0 Å². The van der Waals surface area contributed by atoms with Gasteiger partial charge in [0.1, 0.15) is 4.88 Å². The second kappa shape index (κ2) is 7.47. The molecule has 0 atom stereocenters. The Bertz CT molecular complexity index is 1160. The Balaban J connectivity index is 1.83. The van der Waals surface area contributed by atoms with Crippen molar-refractivity contribution in [3.63, 3.8) is 0 Å². The Labute approximate surface area is 169 Å². The third-order valence-electron chi connectivity index (χ3n) is 3.50. The van der Waals surface area contributed by atoms with E-state index < -0.39 is 21.8 Å². The first kappa shape index (κ1) is 19.6. The molecule has 140 valence electrons. The van der Waals surface area contributed by atoms with Crippen LogP contribution in [0, 0.1) is 0 Å². The Morgan fingerprint density at radius 3 is 2.33 bits per heavy atom. The molecule has 0 unspecified atom stereocenters. The normalized spacial score (nSPS) is 11.4. The molecule has 2 aromatic carbocycles. The highest BCUT2D eigenvalue weighted by Crippen LogP contribution is 2.37. The molecule has 2 amide bonds. The Kier molecular flexibility index (Phi) is 5.43. The van der Waals surface area contributed by atoms with Crippen molar-refractivity contribution < 1.29 is 18.0 Å². The van der Waals surface area contributed by atoms with Crippen LogP contribution in [0.15, 0.2) is 47.4 Å². The number of sulfonamides is 1. The van der Waals surface area contributed by atoms with E-state index in [1.165, 1.54) is 35.6 Å². The van der Waals surface area contributed by atoms with Crippen molar-refractivity contribution in [2.45, 2.75) is 11.8 Å². The van der Waals surface area contributed by atoms with Crippen LogP contribution in [0.1, 0.15) is 16.6 Å². The van der Waals surface area contributed by atoms with Crippen LogP contribution < -0.4 is 10.0 Å². The quantitative estimate of drug-likeness (QED) is 0.630. The number of hydrogen-bond acceptors (Lipinski definition) is 5. The first-order valence-electron chi connectivity index (χ1n) is 7.50. The van der Waals surface area contributed by atoms with Crippen molar-refractivity contribution in [2.24, 2.45) is 0 Å². The summed E-state index contributed by atoms with van der Waals surface area (Å²) >= 11 is 13.5. The number of amides is 2. The molecule has 3 aromatic rings. The SMILES string of the molecule is CC(=O)NS(=O)(=O)c1ccc(NC(=O)c2sc3cc(Cl)ccc3c2Cl)cc1. The summed E-state index contributed by atoms with van der Waals surface area (Å²) in [6.07, 6.45) is 0. The lowest BCUT2D eigenvalue weighted by Gasteiger charge is -2.07. The number of carbonyl (C=O) groups excluding carboxylic acids is 2. The summed E-state index contributed by atoms with van der Waals surface area (Å²) in [4.78, 5) is 23.7. The van der Waals surface area contributed by atoms with Crippen molar-refractivity contribution >= 4 is 72.1 Å². The van der Waals surface area contributed by atoms with E-state index in [9.17, 15) is 18.0 Å². The molecular formula is C17H12Cl2N2O4S2. The number of hydrogen-bond donors (Lipinski definition) is 2. The second-order valence-corrected chi connectivity index (χ2v) is 9.07. The molecular weight excluding hydrogens is 431 g/mol. The molecule has 6 nitrogen and oxygen atoms in total. The molecule has 0 spiro atoms. The first-order chi connectivity index (χ1) is 12.7. The van der Waals surface area contributed by atoms with E-state index in [1.807, 2.05) is 4.72 Å². The number of thiophene rings is 1. The lowest BCUT2D eigenvalue weighted by molar-refractivity contribution is -0.117. The average molecular weight is 443 g/mol. The monoisotopic (exact) mass is 442 g/mol. The van der Waals surface area contributed by atoms with Gasteiger partial charge in [0.2, 0.25) is 5.91 Å². The molecule has 0 saturated heterocycles. The van der Waals surface area contributed by atoms with E-state index in [0.717, 1.165) is 17.0 Å². The maximum absolute atomic E-state index is 12.5. The largest absolute Gasteiger partial charge is 0.321 e. The van der Waals surface area contributed by atoms with E-state index >= 15 is 0 Å². The molecule has 1 aromatic heterocycles. The molecule has 1 heterocycles. The molecule has 0 radical (unpaired) electrons. The Morgan fingerprint density at radius 2 is 1.70 bits per heavy atom. The number of carbonyl (C=O) groups is 2. The van der Waals surface area contributed by atoms with Crippen LogP contribution >= 0.6 is 34.5 Å². The number of halogens is 2. The molecule has 3 rings (SSSR count). The average Bonchev–Trinajstić information content (AvgIpc) is 2.90. The van der Waals surface area contributed by atoms with E-state index in [1.54, 1.807) is 18.2 Å². The van der Waals surface area contributed by atoms with Gasteiger partial charge in [-0.3, -0.25) is 9.59 Å². The molecule has 0 aliphatic rings. The third-order valence-corrected chi connectivity index (χ3v) is 6.84. The lowest BCUT2D eigenvalue weighted by Crippen LogP contribution is -2.28. The zero-order valence-corrected chi connectivity index (χ0v) is 16.9. The van der Waals surface area contributed by atoms with Gasteiger partial charge in [0.25, 0.3) is 15.9 Å². The minimum absolute atomic E-state index is 0.0924. The number of fused-ring (bicyclic) bond motifs is 1. The third kappa shape index (κ3) is 4.24. The second-order valence-electron chi connectivity index (χ2n) is 5.53. The molecule has 27 heavy (non-hydrogen) atoms. The summed E-state index contributed by atoms with van der Waals surface area (Å²) in [5.74, 6) is -1.11. The Morgan fingerprint density at radius 1 is 1.04 bits per heavy atom. The maximum atomic E-state index is 12.5. The predicted molar refractivity (Wildman–Crippen MR) is 107 cm³/mol. The summed E-state index contributed by atoms with van der Waals surface area (Å²) in [6, 6.07) is 10.6. The topological polar surface area (TPSA) is 92.3 Å². The van der Waals surface area contributed by atoms with Gasteiger partial charge < -0.3 is 5.32 Å². The number of nitrogens with one attached hydrogen (secondary N) is 2. The van der Waals surface area contributed by atoms with E-state index in [-0.39, 0.29) is 4.90 Å². The molecule has 0 fully saturated rings. The smallest absolute Gasteiger partial charge is 0.267 e. The first-order valence-corrected chi connectivity index (χ1v) is 10.6. The van der Waals surface area contributed by atoms with Crippen molar-refractivity contribution in [3.8, 4) is 0 Å². The molecule has 0 saturated carbocycles. The fourth-order valence-electron chi connectivity index (χ4n) is 2.34. The highest BCUT2D eigenvalue weighted by molar-refractivity contribution is 7.90. The van der Waals surface area contributed by atoms with Crippen LogP contribution in [0.2, 0.25) is 10.0 Å². The summed E-state index contributed by atoms with van der Waals surface area (Å²) < 4.78 is 26.5. The van der Waals surface area contributed by atoms with Crippen molar-refractivity contribution in [3.05, 3.63) is 57.4 Å². The van der Waals surface area contributed by atoms with Crippen molar-refractivity contribution in [1.82, 2.24) is 4.72 Å². The fraction of sp³-hybridized carbons (Fsp3) is 0.0588. The summed E-state index contributed by atoms with van der Waals surface area (Å²) in [5, 5.41) is 4.27. The van der Waals surface area contributed by atoms with Gasteiger partial charge in [0.15, 0.2) is 0 Å². The molecule has 0 bridgehead atoms. The van der Waals surface area contributed by atoms with Gasteiger partial charge in [0, 0.05) is 27.7 Å². The highest BCUT2D eigenvalue weighted by atomic mass is 35.5. The van der Waals surface area contributed by atoms with E-state index in [4.69, 9.17) is 23.2 Å². The van der Waals surface area contributed by atoms with Crippen LogP contribution in [0.3, 0.4) is 0 Å². The van der Waals surface area contributed by atoms with Crippen LogP contribution in [-0.4, -0.2) is 20.2 Å². The van der Waals surface area contributed by atoms with Crippen molar-refractivity contribution in [2.75, 3.05) is 5.32 Å². The van der Waals surface area contributed by atoms with Crippen LogP contribution in [0.4, 0.5) is 5.69 Å². The molecule has 2 N–H and O–H groups in total. The van der Waals surface area contributed by atoms with E-state index in [2.05, 4.69) is 5.32 Å². The van der Waals surface area contributed by atoms with Gasteiger partial charge in [-0.15, -0.1) is 11.3 Å². The maximum Gasteiger partial charge on any atom is 0.267 e. The standard InChI is InChI=1S/C17H12Cl2N2O4S2/c1-9(22)21-27(24,25)12-5-3-11(4-6-12)20-17(23)16-15(19)13-7-2-10(18)8-14(13)26-16/h2-8H,1H3,(H,20,23)(H,21,22). The van der Waals surface area contributed by atoms with Gasteiger partial charge in [0.05, 0.1) is 9.92 Å². The van der Waals surface area contributed by atoms with Gasteiger partial charge >= 0.3 is 0 Å². The highest BCUT2D eigenvalue weighted by Gasteiger charge is 2.19. The minimum Gasteiger partial charge on any atom is -0.321 e. The zero-order chi connectivity index (χ0) is 19.8. The molecule has 10 heteroatoms. The predicted octanol–water partition coefficient (Wildman–Crippen LogP) is 4.29. The summed E-state index contributed by atoms with van der Waals surface area (Å²) in [5.41, 5.74) is 0.383.